The van der Waals surface area contributed by atoms with Crippen molar-refractivity contribution in [1.82, 2.24) is 19.4 Å². The lowest BCUT2D eigenvalue weighted by atomic mass is 10.1. The number of amides is 2. The lowest BCUT2D eigenvalue weighted by Crippen LogP contribution is -2.38. The molecule has 25 heavy (non-hydrogen) atoms. The van der Waals surface area contributed by atoms with E-state index < -0.39 is 0 Å². The molecule has 1 aromatic carbocycles. The number of rotatable bonds is 2. The average Bonchev–Trinajstić information content (AvgIpc) is 2.78. The lowest BCUT2D eigenvalue weighted by molar-refractivity contribution is -0.134. The Kier molecular flexibility index (Phi) is 4.79. The maximum absolute atomic E-state index is 12.9. The first-order valence-corrected chi connectivity index (χ1v) is 8.89. The van der Waals surface area contributed by atoms with Gasteiger partial charge in [0.25, 0.3) is 5.91 Å². The summed E-state index contributed by atoms with van der Waals surface area (Å²) in [5.41, 5.74) is 2.53. The number of imidazole rings is 1. The van der Waals surface area contributed by atoms with Gasteiger partial charge in [-0.3, -0.25) is 9.59 Å². The smallest absolute Gasteiger partial charge is 0.253 e. The number of benzene rings is 1. The van der Waals surface area contributed by atoms with Gasteiger partial charge in [0.15, 0.2) is 0 Å². The maximum Gasteiger partial charge on any atom is 0.253 e. The molecule has 134 valence electrons. The van der Waals surface area contributed by atoms with Crippen LogP contribution < -0.4 is 0 Å². The topological polar surface area (TPSA) is 58.4 Å². The van der Waals surface area contributed by atoms with Crippen LogP contribution in [0.2, 0.25) is 0 Å². The van der Waals surface area contributed by atoms with E-state index in [2.05, 4.69) is 4.98 Å². The van der Waals surface area contributed by atoms with Gasteiger partial charge >= 0.3 is 0 Å². The number of fused-ring (bicyclic) bond motifs is 1. The van der Waals surface area contributed by atoms with Crippen molar-refractivity contribution in [2.45, 2.75) is 27.2 Å². The van der Waals surface area contributed by atoms with Crippen molar-refractivity contribution < 1.29 is 9.59 Å². The van der Waals surface area contributed by atoms with Crippen LogP contribution in [-0.4, -0.2) is 57.3 Å². The number of hydrogen-bond donors (Lipinski definition) is 0. The third kappa shape index (κ3) is 3.38. The van der Waals surface area contributed by atoms with Gasteiger partial charge in [-0.05, 0) is 31.5 Å². The minimum Gasteiger partial charge on any atom is -0.341 e. The number of aromatic nitrogens is 2. The number of aryl methyl sites for hydroxylation is 2. The normalized spacial score (nSPS) is 15.7. The summed E-state index contributed by atoms with van der Waals surface area (Å²) in [5.74, 6) is 1.11. The predicted molar refractivity (Wildman–Crippen MR) is 97.4 cm³/mol. The molecule has 0 radical (unpaired) electrons. The van der Waals surface area contributed by atoms with E-state index in [1.807, 2.05) is 60.4 Å². The summed E-state index contributed by atoms with van der Waals surface area (Å²) in [7, 11) is 1.97. The number of carbonyl (C=O) groups is 2. The van der Waals surface area contributed by atoms with Crippen LogP contribution in [0.5, 0.6) is 0 Å². The van der Waals surface area contributed by atoms with Gasteiger partial charge in [0.05, 0.1) is 11.0 Å². The monoisotopic (exact) mass is 342 g/mol. The van der Waals surface area contributed by atoms with Crippen LogP contribution in [0, 0.1) is 12.8 Å². The molecule has 3 rings (SSSR count). The zero-order chi connectivity index (χ0) is 18.1. The molecule has 0 bridgehead atoms. The summed E-state index contributed by atoms with van der Waals surface area (Å²) in [5, 5.41) is 0. The van der Waals surface area contributed by atoms with Crippen molar-refractivity contribution in [2.24, 2.45) is 13.0 Å². The molecule has 6 nitrogen and oxygen atoms in total. The van der Waals surface area contributed by atoms with Crippen LogP contribution in [0.15, 0.2) is 18.2 Å². The first-order chi connectivity index (χ1) is 11.9. The van der Waals surface area contributed by atoms with Crippen LogP contribution in [0.4, 0.5) is 0 Å². The van der Waals surface area contributed by atoms with Gasteiger partial charge in [0.2, 0.25) is 5.91 Å². The Bertz CT molecular complexity index is 809. The highest BCUT2D eigenvalue weighted by molar-refractivity contribution is 5.97. The van der Waals surface area contributed by atoms with E-state index in [-0.39, 0.29) is 17.7 Å². The van der Waals surface area contributed by atoms with Crippen molar-refractivity contribution in [3.8, 4) is 0 Å². The fourth-order valence-electron chi connectivity index (χ4n) is 3.34. The van der Waals surface area contributed by atoms with Gasteiger partial charge in [0, 0.05) is 44.7 Å². The van der Waals surface area contributed by atoms with Crippen LogP contribution in [0.1, 0.15) is 36.5 Å². The van der Waals surface area contributed by atoms with Crippen LogP contribution in [-0.2, 0) is 11.8 Å². The number of hydrogen-bond acceptors (Lipinski definition) is 3. The van der Waals surface area contributed by atoms with Gasteiger partial charge in [0.1, 0.15) is 5.82 Å². The molecule has 0 N–H and O–H groups in total. The molecular formula is C19H26N4O2. The first kappa shape index (κ1) is 17.5. The standard InChI is InChI=1S/C19H26N4O2/c1-13(2)18(24)22-8-5-9-23(11-10-22)19(25)15-6-7-17-16(12-15)20-14(3)21(17)4/h6-7,12-13H,5,8-11H2,1-4H3. The van der Waals surface area contributed by atoms with Crippen molar-refractivity contribution in [1.29, 1.82) is 0 Å². The van der Waals surface area contributed by atoms with Crippen molar-refractivity contribution in [3.63, 3.8) is 0 Å². The minimum absolute atomic E-state index is 0.00273. The molecule has 0 spiro atoms. The third-order valence-electron chi connectivity index (χ3n) is 4.94. The van der Waals surface area contributed by atoms with E-state index in [0.29, 0.717) is 25.2 Å². The molecule has 2 heterocycles. The third-order valence-corrected chi connectivity index (χ3v) is 4.94. The summed E-state index contributed by atoms with van der Waals surface area (Å²) in [6.45, 7) is 8.38. The Morgan fingerprint density at radius 2 is 1.76 bits per heavy atom. The first-order valence-electron chi connectivity index (χ1n) is 8.89. The Hall–Kier alpha value is -2.37. The fraction of sp³-hybridized carbons (Fsp3) is 0.526. The second-order valence-corrected chi connectivity index (χ2v) is 7.05. The molecule has 0 atom stereocenters. The highest BCUT2D eigenvalue weighted by Gasteiger charge is 2.24. The molecule has 1 aromatic heterocycles. The molecule has 0 saturated carbocycles. The highest BCUT2D eigenvalue weighted by atomic mass is 16.2. The molecule has 6 heteroatoms. The summed E-state index contributed by atoms with van der Waals surface area (Å²) in [6.07, 6.45) is 0.815. The van der Waals surface area contributed by atoms with E-state index in [9.17, 15) is 9.59 Å². The van der Waals surface area contributed by atoms with Crippen LogP contribution >= 0.6 is 0 Å². The van der Waals surface area contributed by atoms with Gasteiger partial charge in [-0.25, -0.2) is 4.98 Å². The summed E-state index contributed by atoms with van der Waals surface area (Å²) in [4.78, 5) is 33.3. The summed E-state index contributed by atoms with van der Waals surface area (Å²) in [6, 6.07) is 5.69. The molecule has 0 unspecified atom stereocenters. The molecule has 1 aliphatic rings. The zero-order valence-electron chi connectivity index (χ0n) is 15.5. The molecule has 2 amide bonds. The molecule has 1 saturated heterocycles. The van der Waals surface area contributed by atoms with Crippen LogP contribution in [0.25, 0.3) is 11.0 Å². The van der Waals surface area contributed by atoms with Gasteiger partial charge in [-0.2, -0.15) is 0 Å². The zero-order valence-corrected chi connectivity index (χ0v) is 15.5. The quantitative estimate of drug-likeness (QED) is 0.841. The Balaban J connectivity index is 1.76. The van der Waals surface area contributed by atoms with E-state index in [4.69, 9.17) is 0 Å². The lowest BCUT2D eigenvalue weighted by Gasteiger charge is -2.23. The van der Waals surface area contributed by atoms with E-state index >= 15 is 0 Å². The number of carbonyl (C=O) groups excluding carboxylic acids is 2. The summed E-state index contributed by atoms with van der Waals surface area (Å²) < 4.78 is 2.02. The largest absolute Gasteiger partial charge is 0.341 e. The molecular weight excluding hydrogens is 316 g/mol. The Morgan fingerprint density at radius 3 is 2.48 bits per heavy atom. The van der Waals surface area contributed by atoms with E-state index in [0.717, 1.165) is 29.8 Å². The predicted octanol–water partition coefficient (Wildman–Crippen LogP) is 2.21. The fourth-order valence-corrected chi connectivity index (χ4v) is 3.34. The Labute approximate surface area is 148 Å². The molecule has 2 aromatic rings. The van der Waals surface area contributed by atoms with Crippen molar-refractivity contribution >= 4 is 22.8 Å². The molecule has 0 aliphatic carbocycles. The van der Waals surface area contributed by atoms with Gasteiger partial charge in [-0.1, -0.05) is 13.8 Å². The second kappa shape index (κ2) is 6.86. The SMILES string of the molecule is Cc1nc2cc(C(=O)N3CCCN(C(=O)C(C)C)CC3)ccc2n1C. The maximum atomic E-state index is 12.9. The van der Waals surface area contributed by atoms with E-state index in [1.165, 1.54) is 0 Å². The average molecular weight is 342 g/mol. The van der Waals surface area contributed by atoms with Crippen molar-refractivity contribution in [3.05, 3.63) is 29.6 Å². The second-order valence-electron chi connectivity index (χ2n) is 7.05. The van der Waals surface area contributed by atoms with Gasteiger partial charge < -0.3 is 14.4 Å². The minimum atomic E-state index is -0.00273. The Morgan fingerprint density at radius 1 is 1.08 bits per heavy atom. The van der Waals surface area contributed by atoms with E-state index in [1.54, 1.807) is 0 Å². The highest BCUT2D eigenvalue weighted by Crippen LogP contribution is 2.18. The molecule has 1 fully saturated rings. The summed E-state index contributed by atoms with van der Waals surface area (Å²) >= 11 is 0. The van der Waals surface area contributed by atoms with Crippen molar-refractivity contribution in [2.75, 3.05) is 26.2 Å². The van der Waals surface area contributed by atoms with Gasteiger partial charge in [-0.15, -0.1) is 0 Å². The number of nitrogens with zero attached hydrogens (tertiary/aromatic N) is 4. The van der Waals surface area contributed by atoms with Crippen LogP contribution in [0.3, 0.4) is 0 Å². The molecule has 1 aliphatic heterocycles.